The number of furan rings is 1. The van der Waals surface area contributed by atoms with Gasteiger partial charge in [-0.1, -0.05) is 6.07 Å². The molecule has 0 fully saturated rings. The van der Waals surface area contributed by atoms with Gasteiger partial charge in [-0.25, -0.2) is 4.39 Å². The third kappa shape index (κ3) is 4.38. The van der Waals surface area contributed by atoms with E-state index in [-0.39, 0.29) is 11.4 Å². The maximum Gasteiger partial charge on any atom is 0.126 e. The zero-order valence-electron chi connectivity index (χ0n) is 12.1. The molecule has 1 aromatic heterocycles. The molecule has 0 bridgehead atoms. The lowest BCUT2D eigenvalue weighted by molar-refractivity contribution is 0.297. The minimum absolute atomic E-state index is 0.0213. The predicted molar refractivity (Wildman–Crippen MR) is 76.0 cm³/mol. The summed E-state index contributed by atoms with van der Waals surface area (Å²) in [5.74, 6) is 1.06. The van der Waals surface area contributed by atoms with E-state index in [1.54, 1.807) is 18.4 Å². The second-order valence-electron chi connectivity index (χ2n) is 5.72. The summed E-state index contributed by atoms with van der Waals surface area (Å²) < 4.78 is 24.1. The van der Waals surface area contributed by atoms with Crippen molar-refractivity contribution in [2.24, 2.45) is 0 Å². The Bertz CT molecular complexity index is 558. The average Bonchev–Trinajstić information content (AvgIpc) is 2.81. The van der Waals surface area contributed by atoms with Crippen LogP contribution in [0.15, 0.2) is 41.0 Å². The maximum absolute atomic E-state index is 13.1. The molecule has 0 atom stereocenters. The third-order valence-corrected chi connectivity index (χ3v) is 2.81. The smallest absolute Gasteiger partial charge is 0.126 e. The zero-order chi connectivity index (χ0) is 14.6. The molecule has 20 heavy (non-hydrogen) atoms. The van der Waals surface area contributed by atoms with Crippen LogP contribution in [0.4, 0.5) is 4.39 Å². The van der Waals surface area contributed by atoms with Gasteiger partial charge < -0.3 is 14.5 Å². The van der Waals surface area contributed by atoms with Crippen molar-refractivity contribution in [3.05, 3.63) is 53.7 Å². The molecular formula is C16H20FNO2. The number of hydrogen-bond acceptors (Lipinski definition) is 3. The lowest BCUT2D eigenvalue weighted by atomic mass is 10.1. The number of halogens is 1. The minimum atomic E-state index is -0.302. The molecule has 4 heteroatoms. The summed E-state index contributed by atoms with van der Waals surface area (Å²) in [7, 11) is 0. The summed E-state index contributed by atoms with van der Waals surface area (Å²) in [6.45, 7) is 7.29. The first-order valence-electron chi connectivity index (χ1n) is 6.63. The maximum atomic E-state index is 13.1. The SMILES string of the molecule is CC(C)(C)NCc1occc1COc1cccc(F)c1. The third-order valence-electron chi connectivity index (χ3n) is 2.81. The Morgan fingerprint density at radius 1 is 1.25 bits per heavy atom. The Balaban J connectivity index is 1.95. The Kier molecular flexibility index (Phi) is 4.45. The largest absolute Gasteiger partial charge is 0.489 e. The van der Waals surface area contributed by atoms with Gasteiger partial charge in [0.25, 0.3) is 0 Å². The van der Waals surface area contributed by atoms with E-state index in [0.29, 0.717) is 18.9 Å². The minimum Gasteiger partial charge on any atom is -0.489 e. The summed E-state index contributed by atoms with van der Waals surface area (Å²) in [4.78, 5) is 0. The molecule has 1 aromatic carbocycles. The molecule has 0 aliphatic rings. The van der Waals surface area contributed by atoms with E-state index >= 15 is 0 Å². The van der Waals surface area contributed by atoms with E-state index in [1.807, 2.05) is 6.07 Å². The molecule has 1 N–H and O–H groups in total. The van der Waals surface area contributed by atoms with Crippen molar-refractivity contribution in [1.82, 2.24) is 5.32 Å². The lowest BCUT2D eigenvalue weighted by Crippen LogP contribution is -2.35. The van der Waals surface area contributed by atoms with Crippen LogP contribution in [-0.2, 0) is 13.2 Å². The quantitative estimate of drug-likeness (QED) is 0.900. The second kappa shape index (κ2) is 6.09. The number of ether oxygens (including phenoxy) is 1. The summed E-state index contributed by atoms with van der Waals surface area (Å²) in [6.07, 6.45) is 1.64. The lowest BCUT2D eigenvalue weighted by Gasteiger charge is -2.20. The van der Waals surface area contributed by atoms with Crippen LogP contribution >= 0.6 is 0 Å². The van der Waals surface area contributed by atoms with Crippen LogP contribution in [-0.4, -0.2) is 5.54 Å². The summed E-state index contributed by atoms with van der Waals surface area (Å²) in [5, 5.41) is 3.36. The van der Waals surface area contributed by atoms with Crippen molar-refractivity contribution in [1.29, 1.82) is 0 Å². The fourth-order valence-electron chi connectivity index (χ4n) is 1.71. The van der Waals surface area contributed by atoms with Crippen molar-refractivity contribution >= 4 is 0 Å². The summed E-state index contributed by atoms with van der Waals surface area (Å²) >= 11 is 0. The van der Waals surface area contributed by atoms with Crippen LogP contribution < -0.4 is 10.1 Å². The molecule has 3 nitrogen and oxygen atoms in total. The van der Waals surface area contributed by atoms with Crippen LogP contribution in [0.3, 0.4) is 0 Å². The van der Waals surface area contributed by atoms with Gasteiger partial charge in [-0.05, 0) is 39.0 Å². The first kappa shape index (κ1) is 14.6. The second-order valence-corrected chi connectivity index (χ2v) is 5.72. The number of benzene rings is 1. The van der Waals surface area contributed by atoms with Crippen molar-refractivity contribution < 1.29 is 13.5 Å². The van der Waals surface area contributed by atoms with E-state index in [2.05, 4.69) is 26.1 Å². The highest BCUT2D eigenvalue weighted by Gasteiger charge is 2.13. The van der Waals surface area contributed by atoms with Crippen LogP contribution in [0.25, 0.3) is 0 Å². The highest BCUT2D eigenvalue weighted by Crippen LogP contribution is 2.17. The summed E-state index contributed by atoms with van der Waals surface area (Å²) in [5.41, 5.74) is 0.985. The summed E-state index contributed by atoms with van der Waals surface area (Å²) in [6, 6.07) is 7.99. The zero-order valence-corrected chi connectivity index (χ0v) is 12.1. The molecule has 0 unspecified atom stereocenters. The van der Waals surface area contributed by atoms with E-state index in [4.69, 9.17) is 9.15 Å². The number of rotatable bonds is 5. The van der Waals surface area contributed by atoms with Gasteiger partial charge in [0.2, 0.25) is 0 Å². The van der Waals surface area contributed by atoms with E-state index in [1.165, 1.54) is 12.1 Å². The molecule has 2 aromatic rings. The van der Waals surface area contributed by atoms with Crippen LogP contribution in [0.5, 0.6) is 5.75 Å². The van der Waals surface area contributed by atoms with Gasteiger partial charge in [0, 0.05) is 17.2 Å². The van der Waals surface area contributed by atoms with E-state index in [0.717, 1.165) is 11.3 Å². The van der Waals surface area contributed by atoms with Crippen LogP contribution in [0, 0.1) is 5.82 Å². The van der Waals surface area contributed by atoms with Gasteiger partial charge >= 0.3 is 0 Å². The van der Waals surface area contributed by atoms with Gasteiger partial charge in [-0.2, -0.15) is 0 Å². The molecule has 0 aliphatic carbocycles. The topological polar surface area (TPSA) is 34.4 Å². The molecular weight excluding hydrogens is 257 g/mol. The average molecular weight is 277 g/mol. The van der Waals surface area contributed by atoms with Crippen LogP contribution in [0.1, 0.15) is 32.1 Å². The predicted octanol–water partition coefficient (Wildman–Crippen LogP) is 3.89. The van der Waals surface area contributed by atoms with Crippen LogP contribution in [0.2, 0.25) is 0 Å². The molecule has 0 saturated heterocycles. The van der Waals surface area contributed by atoms with Gasteiger partial charge in [-0.3, -0.25) is 0 Å². The highest BCUT2D eigenvalue weighted by atomic mass is 19.1. The Morgan fingerprint density at radius 3 is 2.75 bits per heavy atom. The molecule has 1 heterocycles. The molecule has 2 rings (SSSR count). The van der Waals surface area contributed by atoms with Gasteiger partial charge in [0.15, 0.2) is 0 Å². The highest BCUT2D eigenvalue weighted by molar-refractivity contribution is 5.24. The fraction of sp³-hybridized carbons (Fsp3) is 0.375. The van der Waals surface area contributed by atoms with Gasteiger partial charge in [0.1, 0.15) is 23.9 Å². The molecule has 0 spiro atoms. The van der Waals surface area contributed by atoms with E-state index in [9.17, 15) is 4.39 Å². The van der Waals surface area contributed by atoms with Gasteiger partial charge in [-0.15, -0.1) is 0 Å². The van der Waals surface area contributed by atoms with Gasteiger partial charge in [0.05, 0.1) is 12.8 Å². The van der Waals surface area contributed by atoms with Crippen molar-refractivity contribution in [3.63, 3.8) is 0 Å². The first-order valence-corrected chi connectivity index (χ1v) is 6.63. The molecule has 0 amide bonds. The number of hydrogen-bond donors (Lipinski definition) is 1. The molecule has 108 valence electrons. The Hall–Kier alpha value is -1.81. The molecule has 0 aliphatic heterocycles. The van der Waals surface area contributed by atoms with E-state index < -0.39 is 0 Å². The first-order chi connectivity index (χ1) is 9.44. The monoisotopic (exact) mass is 277 g/mol. The standard InChI is InChI=1S/C16H20FNO2/c1-16(2,3)18-10-15-12(7-8-19-15)11-20-14-6-4-5-13(17)9-14/h4-9,18H,10-11H2,1-3H3. The Morgan fingerprint density at radius 2 is 2.05 bits per heavy atom. The molecule has 0 radical (unpaired) electrons. The van der Waals surface area contributed by atoms with Crippen molar-refractivity contribution in [2.75, 3.05) is 0 Å². The normalized spacial score (nSPS) is 11.6. The van der Waals surface area contributed by atoms with Crippen molar-refractivity contribution in [2.45, 2.75) is 39.5 Å². The fourth-order valence-corrected chi connectivity index (χ4v) is 1.71. The number of nitrogens with one attached hydrogen (secondary N) is 1. The van der Waals surface area contributed by atoms with Crippen molar-refractivity contribution in [3.8, 4) is 5.75 Å². The molecule has 0 saturated carbocycles. The Labute approximate surface area is 118 Å².